The molecular weight excluding hydrogens is 234 g/mol. The highest BCUT2D eigenvalue weighted by atomic mass is 16.5. The zero-order chi connectivity index (χ0) is 13.4. The van der Waals surface area contributed by atoms with Crippen molar-refractivity contribution in [2.45, 2.75) is 0 Å². The van der Waals surface area contributed by atoms with Gasteiger partial charge in [0, 0.05) is 25.8 Å². The van der Waals surface area contributed by atoms with Crippen molar-refractivity contribution < 1.29 is 19.4 Å². The van der Waals surface area contributed by atoms with E-state index in [1.807, 2.05) is 0 Å². The molecule has 0 fully saturated rings. The van der Waals surface area contributed by atoms with Crippen LogP contribution in [0.2, 0.25) is 0 Å². The molecule has 0 bridgehead atoms. The van der Waals surface area contributed by atoms with E-state index in [2.05, 4.69) is 0 Å². The highest BCUT2D eigenvalue weighted by molar-refractivity contribution is 5.94. The third-order valence-corrected chi connectivity index (χ3v) is 2.54. The number of amides is 1. The topological polar surface area (TPSA) is 59.0 Å². The molecule has 0 aliphatic rings. The molecule has 1 rings (SSSR count). The monoisotopic (exact) mass is 253 g/mol. The predicted octanol–water partition coefficient (Wildman–Crippen LogP) is 0.776. The summed E-state index contributed by atoms with van der Waals surface area (Å²) in [5.41, 5.74) is 0.541. The van der Waals surface area contributed by atoms with E-state index in [9.17, 15) is 4.79 Å². The molecule has 0 heterocycles. The zero-order valence-corrected chi connectivity index (χ0v) is 10.8. The Kier molecular flexibility index (Phi) is 6.18. The standard InChI is InChI=1S/C13H19NO4/c1-17-9-7-14(6-8-15)13(16)11-4-3-5-12(10-11)18-2/h3-5,10,15H,6-9H2,1-2H3. The molecule has 18 heavy (non-hydrogen) atoms. The van der Waals surface area contributed by atoms with Gasteiger partial charge in [-0.25, -0.2) is 0 Å². The number of rotatable bonds is 7. The summed E-state index contributed by atoms with van der Waals surface area (Å²) in [6.45, 7) is 1.11. The smallest absolute Gasteiger partial charge is 0.254 e. The van der Waals surface area contributed by atoms with E-state index in [-0.39, 0.29) is 12.5 Å². The molecule has 1 N–H and O–H groups in total. The van der Waals surface area contributed by atoms with Crippen LogP contribution in [-0.2, 0) is 4.74 Å². The summed E-state index contributed by atoms with van der Waals surface area (Å²) in [7, 11) is 3.13. The number of aliphatic hydroxyl groups excluding tert-OH is 1. The number of benzene rings is 1. The maximum Gasteiger partial charge on any atom is 0.254 e. The van der Waals surface area contributed by atoms with E-state index in [1.165, 1.54) is 0 Å². The van der Waals surface area contributed by atoms with Gasteiger partial charge < -0.3 is 19.5 Å². The summed E-state index contributed by atoms with van der Waals surface area (Å²) in [6.07, 6.45) is 0. The molecule has 0 unspecified atom stereocenters. The number of aliphatic hydroxyl groups is 1. The molecule has 0 atom stereocenters. The molecule has 0 saturated carbocycles. The molecule has 0 aliphatic heterocycles. The molecule has 0 spiro atoms. The van der Waals surface area contributed by atoms with Crippen LogP contribution in [0.3, 0.4) is 0 Å². The van der Waals surface area contributed by atoms with Crippen molar-refractivity contribution in [3.8, 4) is 5.75 Å². The maximum absolute atomic E-state index is 12.2. The molecule has 0 aromatic heterocycles. The third kappa shape index (κ3) is 4.01. The fourth-order valence-electron chi connectivity index (χ4n) is 1.58. The first-order chi connectivity index (χ1) is 8.72. The first kappa shape index (κ1) is 14.5. The van der Waals surface area contributed by atoms with Gasteiger partial charge in [0.2, 0.25) is 0 Å². The summed E-state index contributed by atoms with van der Waals surface area (Å²) < 4.78 is 10.0. The van der Waals surface area contributed by atoms with Gasteiger partial charge >= 0.3 is 0 Å². The van der Waals surface area contributed by atoms with Gasteiger partial charge in [-0.1, -0.05) is 6.07 Å². The van der Waals surface area contributed by atoms with E-state index in [0.29, 0.717) is 31.0 Å². The number of carbonyl (C=O) groups excluding carboxylic acids is 1. The Morgan fingerprint density at radius 3 is 2.72 bits per heavy atom. The first-order valence-electron chi connectivity index (χ1n) is 5.76. The minimum absolute atomic E-state index is 0.0700. The lowest BCUT2D eigenvalue weighted by Crippen LogP contribution is -2.36. The second kappa shape index (κ2) is 7.68. The SMILES string of the molecule is COCCN(CCO)C(=O)c1cccc(OC)c1. The molecular formula is C13H19NO4. The van der Waals surface area contributed by atoms with Crippen LogP contribution in [0.1, 0.15) is 10.4 Å². The minimum atomic E-state index is -0.139. The summed E-state index contributed by atoms with van der Waals surface area (Å²) in [4.78, 5) is 13.8. The predicted molar refractivity (Wildman–Crippen MR) is 67.9 cm³/mol. The van der Waals surface area contributed by atoms with E-state index < -0.39 is 0 Å². The fourth-order valence-corrected chi connectivity index (χ4v) is 1.58. The average Bonchev–Trinajstić information content (AvgIpc) is 2.42. The highest BCUT2D eigenvalue weighted by Gasteiger charge is 2.15. The quantitative estimate of drug-likeness (QED) is 0.780. The molecule has 100 valence electrons. The Morgan fingerprint density at radius 2 is 2.11 bits per heavy atom. The van der Waals surface area contributed by atoms with Gasteiger partial charge in [0.25, 0.3) is 5.91 Å². The van der Waals surface area contributed by atoms with Crippen molar-refractivity contribution in [2.24, 2.45) is 0 Å². The Labute approximate surface area is 107 Å². The molecule has 1 amide bonds. The van der Waals surface area contributed by atoms with Crippen LogP contribution < -0.4 is 4.74 Å². The molecule has 0 saturated heterocycles. The van der Waals surface area contributed by atoms with Crippen LogP contribution >= 0.6 is 0 Å². The van der Waals surface area contributed by atoms with Crippen molar-refractivity contribution >= 4 is 5.91 Å². The van der Waals surface area contributed by atoms with E-state index >= 15 is 0 Å². The van der Waals surface area contributed by atoms with Crippen LogP contribution in [0.5, 0.6) is 5.75 Å². The lowest BCUT2D eigenvalue weighted by Gasteiger charge is -2.21. The summed E-state index contributed by atoms with van der Waals surface area (Å²) >= 11 is 0. The lowest BCUT2D eigenvalue weighted by molar-refractivity contribution is 0.0656. The van der Waals surface area contributed by atoms with Gasteiger partial charge in [-0.3, -0.25) is 4.79 Å². The number of nitrogens with zero attached hydrogens (tertiary/aromatic N) is 1. The van der Waals surface area contributed by atoms with Gasteiger partial charge in [0.15, 0.2) is 0 Å². The highest BCUT2D eigenvalue weighted by Crippen LogP contribution is 2.14. The molecule has 0 radical (unpaired) electrons. The molecule has 0 aliphatic carbocycles. The third-order valence-electron chi connectivity index (χ3n) is 2.54. The van der Waals surface area contributed by atoms with Crippen molar-refractivity contribution in [1.82, 2.24) is 4.90 Å². The van der Waals surface area contributed by atoms with Crippen LogP contribution in [0.15, 0.2) is 24.3 Å². The second-order valence-corrected chi connectivity index (χ2v) is 3.74. The number of hydrogen-bond acceptors (Lipinski definition) is 4. The maximum atomic E-state index is 12.2. The van der Waals surface area contributed by atoms with Crippen LogP contribution in [0.4, 0.5) is 0 Å². The van der Waals surface area contributed by atoms with Gasteiger partial charge in [0.1, 0.15) is 5.75 Å². The summed E-state index contributed by atoms with van der Waals surface area (Å²) in [5, 5.41) is 8.97. The number of methoxy groups -OCH3 is 2. The lowest BCUT2D eigenvalue weighted by atomic mass is 10.2. The Hall–Kier alpha value is -1.59. The molecule has 1 aromatic rings. The molecule has 5 nitrogen and oxygen atoms in total. The number of ether oxygens (including phenoxy) is 2. The van der Waals surface area contributed by atoms with Crippen LogP contribution in [0.25, 0.3) is 0 Å². The Balaban J connectivity index is 2.79. The van der Waals surface area contributed by atoms with Crippen molar-refractivity contribution in [2.75, 3.05) is 40.5 Å². The van der Waals surface area contributed by atoms with Crippen molar-refractivity contribution in [3.05, 3.63) is 29.8 Å². The van der Waals surface area contributed by atoms with Gasteiger partial charge in [-0.2, -0.15) is 0 Å². The van der Waals surface area contributed by atoms with Gasteiger partial charge in [0.05, 0.1) is 20.3 Å². The second-order valence-electron chi connectivity index (χ2n) is 3.74. The first-order valence-corrected chi connectivity index (χ1v) is 5.76. The summed E-state index contributed by atoms with van der Waals surface area (Å²) in [5.74, 6) is 0.497. The van der Waals surface area contributed by atoms with Crippen LogP contribution in [-0.4, -0.2) is 56.4 Å². The van der Waals surface area contributed by atoms with E-state index in [0.717, 1.165) is 0 Å². The Bertz CT molecular complexity index is 381. The zero-order valence-electron chi connectivity index (χ0n) is 10.8. The van der Waals surface area contributed by atoms with Gasteiger partial charge in [-0.05, 0) is 18.2 Å². The van der Waals surface area contributed by atoms with Crippen LogP contribution in [0, 0.1) is 0 Å². The van der Waals surface area contributed by atoms with E-state index in [4.69, 9.17) is 14.6 Å². The number of carbonyl (C=O) groups is 1. The normalized spacial score (nSPS) is 10.2. The van der Waals surface area contributed by atoms with Gasteiger partial charge in [-0.15, -0.1) is 0 Å². The Morgan fingerprint density at radius 1 is 1.33 bits per heavy atom. The molecule has 1 aromatic carbocycles. The van der Waals surface area contributed by atoms with E-state index in [1.54, 1.807) is 43.4 Å². The van der Waals surface area contributed by atoms with Crippen molar-refractivity contribution in [3.63, 3.8) is 0 Å². The fraction of sp³-hybridized carbons (Fsp3) is 0.462. The molecule has 5 heteroatoms. The minimum Gasteiger partial charge on any atom is -0.497 e. The summed E-state index contributed by atoms with van der Waals surface area (Å²) in [6, 6.07) is 6.95. The largest absolute Gasteiger partial charge is 0.497 e. The average molecular weight is 253 g/mol. The number of hydrogen-bond donors (Lipinski definition) is 1. The van der Waals surface area contributed by atoms with Crippen molar-refractivity contribution in [1.29, 1.82) is 0 Å².